The van der Waals surface area contributed by atoms with E-state index >= 15 is 0 Å². The summed E-state index contributed by atoms with van der Waals surface area (Å²) >= 11 is 0. The SMILES string of the molecule is CS(=O)(=O)NC(CO)C(=O)O. The molecule has 1 unspecified atom stereocenters. The smallest absolute Gasteiger partial charge is 0.324 e. The summed E-state index contributed by atoms with van der Waals surface area (Å²) in [5, 5.41) is 16.6. The highest BCUT2D eigenvalue weighted by Crippen LogP contribution is 1.85. The summed E-state index contributed by atoms with van der Waals surface area (Å²) in [6.07, 6.45) is 0.818. The fourth-order valence-corrected chi connectivity index (χ4v) is 1.12. The van der Waals surface area contributed by atoms with Crippen LogP contribution in [0.5, 0.6) is 0 Å². The molecule has 0 aliphatic carbocycles. The Balaban J connectivity index is 4.22. The van der Waals surface area contributed by atoms with Crippen molar-refractivity contribution in [1.29, 1.82) is 0 Å². The molecule has 7 heteroatoms. The van der Waals surface area contributed by atoms with Crippen molar-refractivity contribution in [3.63, 3.8) is 0 Å². The maximum Gasteiger partial charge on any atom is 0.324 e. The third kappa shape index (κ3) is 4.71. The number of nitrogens with one attached hydrogen (secondary N) is 1. The standard InChI is InChI=1S/C4H9NO5S/c1-11(9,10)5-3(2-6)4(7)8/h3,5-6H,2H2,1H3,(H,7,8). The van der Waals surface area contributed by atoms with Gasteiger partial charge in [-0.3, -0.25) is 4.79 Å². The number of carbonyl (C=O) groups is 1. The van der Waals surface area contributed by atoms with Crippen LogP contribution in [0.1, 0.15) is 0 Å². The van der Waals surface area contributed by atoms with Gasteiger partial charge in [-0.05, 0) is 0 Å². The topological polar surface area (TPSA) is 104 Å². The van der Waals surface area contributed by atoms with Crippen molar-refractivity contribution >= 4 is 16.0 Å². The number of aliphatic carboxylic acids is 1. The molecule has 66 valence electrons. The Morgan fingerprint density at radius 1 is 1.64 bits per heavy atom. The molecule has 0 radical (unpaired) electrons. The molecule has 0 aliphatic rings. The summed E-state index contributed by atoms with van der Waals surface area (Å²) in [5.41, 5.74) is 0. The number of sulfonamides is 1. The van der Waals surface area contributed by atoms with Gasteiger partial charge < -0.3 is 10.2 Å². The van der Waals surface area contributed by atoms with E-state index in [1.54, 1.807) is 4.72 Å². The molecule has 0 rings (SSSR count). The van der Waals surface area contributed by atoms with E-state index in [2.05, 4.69) is 0 Å². The van der Waals surface area contributed by atoms with Gasteiger partial charge in [0.2, 0.25) is 10.0 Å². The molecule has 0 aliphatic heterocycles. The molecule has 0 bridgehead atoms. The van der Waals surface area contributed by atoms with Crippen LogP contribution in [0, 0.1) is 0 Å². The maximum atomic E-state index is 10.4. The predicted octanol–water partition coefficient (Wildman–Crippen LogP) is -2.02. The molecule has 0 amide bonds. The summed E-state index contributed by atoms with van der Waals surface area (Å²) in [7, 11) is -3.57. The minimum absolute atomic E-state index is 0.762. The van der Waals surface area contributed by atoms with Crippen LogP contribution < -0.4 is 4.72 Å². The first kappa shape index (κ1) is 10.3. The second-order valence-electron chi connectivity index (χ2n) is 1.96. The maximum absolute atomic E-state index is 10.4. The summed E-state index contributed by atoms with van der Waals surface area (Å²) < 4.78 is 22.6. The molecule has 3 N–H and O–H groups in total. The average molecular weight is 183 g/mol. The summed E-state index contributed by atoms with van der Waals surface area (Å²) in [6, 6.07) is -1.45. The van der Waals surface area contributed by atoms with Crippen LogP contribution >= 0.6 is 0 Å². The van der Waals surface area contributed by atoms with Crippen LogP contribution in [0.2, 0.25) is 0 Å². The van der Waals surface area contributed by atoms with Gasteiger partial charge >= 0.3 is 5.97 Å². The predicted molar refractivity (Wildman–Crippen MR) is 36.5 cm³/mol. The van der Waals surface area contributed by atoms with E-state index in [0.29, 0.717) is 0 Å². The molecular formula is C4H9NO5S. The van der Waals surface area contributed by atoms with Crippen LogP contribution in [0.4, 0.5) is 0 Å². The van der Waals surface area contributed by atoms with Crippen LogP contribution in [0.15, 0.2) is 0 Å². The molecule has 0 aromatic heterocycles. The van der Waals surface area contributed by atoms with Crippen LogP contribution in [-0.4, -0.2) is 43.5 Å². The zero-order valence-electron chi connectivity index (χ0n) is 5.81. The van der Waals surface area contributed by atoms with Gasteiger partial charge in [0.1, 0.15) is 6.04 Å². The van der Waals surface area contributed by atoms with Gasteiger partial charge in [-0.25, -0.2) is 8.42 Å². The van der Waals surface area contributed by atoms with Gasteiger partial charge in [-0.15, -0.1) is 0 Å². The first-order chi connectivity index (χ1) is 4.87. The minimum Gasteiger partial charge on any atom is -0.480 e. The van der Waals surface area contributed by atoms with Crippen molar-refractivity contribution in [2.45, 2.75) is 6.04 Å². The van der Waals surface area contributed by atoms with Crippen molar-refractivity contribution in [2.75, 3.05) is 12.9 Å². The Labute approximate surface area is 63.9 Å². The monoisotopic (exact) mass is 183 g/mol. The molecule has 1 atom stereocenters. The second kappa shape index (κ2) is 3.65. The van der Waals surface area contributed by atoms with Gasteiger partial charge in [0.25, 0.3) is 0 Å². The van der Waals surface area contributed by atoms with Crippen molar-refractivity contribution in [2.24, 2.45) is 0 Å². The first-order valence-corrected chi connectivity index (χ1v) is 4.57. The molecule has 0 heterocycles. The van der Waals surface area contributed by atoms with Crippen molar-refractivity contribution < 1.29 is 23.4 Å². The van der Waals surface area contributed by atoms with Gasteiger partial charge in [0, 0.05) is 0 Å². The number of carboxylic acid groups (broad SMARTS) is 1. The Hall–Kier alpha value is -0.660. The summed E-state index contributed by atoms with van der Waals surface area (Å²) in [6.45, 7) is -0.762. The van der Waals surface area contributed by atoms with Crippen LogP contribution in [0.3, 0.4) is 0 Å². The van der Waals surface area contributed by atoms with Crippen LogP contribution in [0.25, 0.3) is 0 Å². The van der Waals surface area contributed by atoms with Gasteiger partial charge in [0.05, 0.1) is 12.9 Å². The highest BCUT2D eigenvalue weighted by Gasteiger charge is 2.19. The molecule has 0 aromatic rings. The van der Waals surface area contributed by atoms with E-state index in [4.69, 9.17) is 10.2 Å². The van der Waals surface area contributed by atoms with E-state index in [0.717, 1.165) is 6.26 Å². The van der Waals surface area contributed by atoms with E-state index in [1.807, 2.05) is 0 Å². The highest BCUT2D eigenvalue weighted by molar-refractivity contribution is 7.88. The Morgan fingerprint density at radius 2 is 2.09 bits per heavy atom. The second-order valence-corrected chi connectivity index (χ2v) is 3.74. The first-order valence-electron chi connectivity index (χ1n) is 2.68. The van der Waals surface area contributed by atoms with E-state index in [1.165, 1.54) is 0 Å². The number of hydrogen-bond acceptors (Lipinski definition) is 4. The van der Waals surface area contributed by atoms with Crippen molar-refractivity contribution in [3.05, 3.63) is 0 Å². The minimum atomic E-state index is -3.57. The van der Waals surface area contributed by atoms with Crippen molar-refractivity contribution in [1.82, 2.24) is 4.72 Å². The molecule has 0 spiro atoms. The fraction of sp³-hybridized carbons (Fsp3) is 0.750. The molecule has 0 saturated heterocycles. The fourth-order valence-electron chi connectivity index (χ4n) is 0.424. The number of carboxylic acids is 1. The molecular weight excluding hydrogens is 174 g/mol. The number of rotatable bonds is 4. The Kier molecular flexibility index (Phi) is 3.43. The van der Waals surface area contributed by atoms with E-state index < -0.39 is 28.6 Å². The van der Waals surface area contributed by atoms with Crippen LogP contribution in [-0.2, 0) is 14.8 Å². The van der Waals surface area contributed by atoms with Gasteiger partial charge in [-0.1, -0.05) is 0 Å². The summed E-state index contributed by atoms with van der Waals surface area (Å²) in [5.74, 6) is -1.40. The zero-order chi connectivity index (χ0) is 9.07. The highest BCUT2D eigenvalue weighted by atomic mass is 32.2. The van der Waals surface area contributed by atoms with E-state index in [-0.39, 0.29) is 0 Å². The molecule has 0 saturated carbocycles. The number of aliphatic hydroxyl groups is 1. The zero-order valence-corrected chi connectivity index (χ0v) is 6.63. The number of hydrogen-bond donors (Lipinski definition) is 3. The van der Waals surface area contributed by atoms with Crippen molar-refractivity contribution in [3.8, 4) is 0 Å². The summed E-state index contributed by atoms with van der Waals surface area (Å²) in [4.78, 5) is 10.1. The van der Waals surface area contributed by atoms with Gasteiger partial charge in [0.15, 0.2) is 0 Å². The number of aliphatic hydroxyl groups excluding tert-OH is 1. The lowest BCUT2D eigenvalue weighted by atomic mass is 10.3. The lowest BCUT2D eigenvalue weighted by Crippen LogP contribution is -2.42. The average Bonchev–Trinajstić information content (AvgIpc) is 1.80. The molecule has 0 fully saturated rings. The molecule has 11 heavy (non-hydrogen) atoms. The molecule has 0 aromatic carbocycles. The van der Waals surface area contributed by atoms with Gasteiger partial charge in [-0.2, -0.15) is 4.72 Å². The Bertz CT molecular complexity index is 233. The Morgan fingerprint density at radius 3 is 2.18 bits per heavy atom. The largest absolute Gasteiger partial charge is 0.480 e. The lowest BCUT2D eigenvalue weighted by molar-refractivity contribution is -0.139. The van der Waals surface area contributed by atoms with E-state index in [9.17, 15) is 13.2 Å². The third-order valence-electron chi connectivity index (χ3n) is 0.837. The normalized spacial score (nSPS) is 14.4. The quantitative estimate of drug-likeness (QED) is 0.467. The lowest BCUT2D eigenvalue weighted by Gasteiger charge is -2.08. The third-order valence-corrected chi connectivity index (χ3v) is 1.55. The molecule has 6 nitrogen and oxygen atoms in total.